The molecule has 0 spiro atoms. The van der Waals surface area contributed by atoms with Gasteiger partial charge in [0.2, 0.25) is 0 Å². The van der Waals surface area contributed by atoms with Crippen molar-refractivity contribution in [3.05, 3.63) is 42.1 Å². The van der Waals surface area contributed by atoms with Gasteiger partial charge in [0, 0.05) is 18.6 Å². The van der Waals surface area contributed by atoms with Crippen molar-refractivity contribution >= 4 is 0 Å². The quantitative estimate of drug-likeness (QED) is 0.651. The molecule has 0 radical (unpaired) electrons. The van der Waals surface area contributed by atoms with Crippen LogP contribution in [0.15, 0.2) is 36.5 Å². The Morgan fingerprint density at radius 2 is 2.07 bits per heavy atom. The first kappa shape index (κ1) is 9.06. The van der Waals surface area contributed by atoms with Crippen LogP contribution in [-0.4, -0.2) is 13.2 Å². The van der Waals surface area contributed by atoms with Crippen molar-refractivity contribution in [3.8, 4) is 0 Å². The monoisotopic (exact) mass is 192 g/mol. The molecule has 2 rings (SSSR count). The highest BCUT2D eigenvalue weighted by Crippen LogP contribution is 2.10. The number of aryl methyl sites for hydroxylation is 1. The molecule has 14 heavy (non-hydrogen) atoms. The Kier molecular flexibility index (Phi) is 2.68. The van der Waals surface area contributed by atoms with Crippen molar-refractivity contribution in [1.29, 1.82) is 0 Å². The fourth-order valence-corrected chi connectivity index (χ4v) is 1.35. The molecule has 1 aliphatic rings. The highest BCUT2D eigenvalue weighted by molar-refractivity contribution is 5.14. The summed E-state index contributed by atoms with van der Waals surface area (Å²) in [5.74, 6) is 0.908. The lowest BCUT2D eigenvalue weighted by Crippen LogP contribution is -2.26. The van der Waals surface area contributed by atoms with Crippen molar-refractivity contribution in [2.45, 2.75) is 6.42 Å². The van der Waals surface area contributed by atoms with Gasteiger partial charge in [0.05, 0.1) is 0 Å². The van der Waals surface area contributed by atoms with Gasteiger partial charge in [-0.15, -0.1) is 0 Å². The average Bonchev–Trinajstić information content (AvgIpc) is 2.23. The Hall–Kier alpha value is -1.51. The van der Waals surface area contributed by atoms with Gasteiger partial charge in [0.1, 0.15) is 32.3 Å². The number of ether oxygens (including phenoxy) is 2. The number of rotatable bonds is 2. The zero-order valence-electron chi connectivity index (χ0n) is 8.27. The van der Waals surface area contributed by atoms with Gasteiger partial charge in [0.25, 0.3) is 0 Å². The molecule has 0 saturated heterocycles. The van der Waals surface area contributed by atoms with E-state index in [-0.39, 0.29) is 0 Å². The summed E-state index contributed by atoms with van der Waals surface area (Å²) in [6.07, 6.45) is 6.57. The third kappa shape index (κ3) is 2.25. The molecule has 3 nitrogen and oxygen atoms in total. The number of pyridine rings is 1. The molecule has 0 atom stereocenters. The Morgan fingerprint density at radius 1 is 1.29 bits per heavy atom. The van der Waals surface area contributed by atoms with E-state index in [0.29, 0.717) is 13.2 Å². The highest BCUT2D eigenvalue weighted by Gasteiger charge is 2.06. The van der Waals surface area contributed by atoms with Crippen LogP contribution in [0.5, 0.6) is 0 Å². The van der Waals surface area contributed by atoms with Gasteiger partial charge in [-0.25, -0.2) is 4.57 Å². The summed E-state index contributed by atoms with van der Waals surface area (Å²) in [5.41, 5.74) is 1.24. The molecule has 0 unspecified atom stereocenters. The summed E-state index contributed by atoms with van der Waals surface area (Å²) in [6.45, 7) is 1.32. The van der Waals surface area contributed by atoms with E-state index < -0.39 is 0 Å². The second kappa shape index (κ2) is 4.13. The van der Waals surface area contributed by atoms with Crippen LogP contribution in [0.4, 0.5) is 0 Å². The van der Waals surface area contributed by atoms with E-state index in [1.807, 2.05) is 24.0 Å². The molecule has 3 heteroatoms. The van der Waals surface area contributed by atoms with E-state index in [1.54, 1.807) is 6.26 Å². The standard InChI is InChI=1S/C11H14NO2/c1-12-4-2-10(3-5-12)8-11-9-13-6-7-14-11/h2-5,9H,6-8H2,1H3/q+1. The Bertz CT molecular complexity index is 330. The first-order valence-corrected chi connectivity index (χ1v) is 4.72. The van der Waals surface area contributed by atoms with Gasteiger partial charge in [-0.1, -0.05) is 0 Å². The maximum Gasteiger partial charge on any atom is 0.168 e. The van der Waals surface area contributed by atoms with Gasteiger partial charge >= 0.3 is 0 Å². The zero-order chi connectivity index (χ0) is 9.80. The van der Waals surface area contributed by atoms with Crippen LogP contribution >= 0.6 is 0 Å². The Labute approximate surface area is 83.6 Å². The molecular weight excluding hydrogens is 178 g/mol. The molecular formula is C11H14NO2+. The fourth-order valence-electron chi connectivity index (χ4n) is 1.35. The third-order valence-electron chi connectivity index (χ3n) is 2.13. The van der Waals surface area contributed by atoms with Crippen LogP contribution in [0.2, 0.25) is 0 Å². The lowest BCUT2D eigenvalue weighted by molar-refractivity contribution is -0.671. The molecule has 0 bridgehead atoms. The summed E-state index contributed by atoms with van der Waals surface area (Å²) in [5, 5.41) is 0. The van der Waals surface area contributed by atoms with E-state index in [0.717, 1.165) is 12.2 Å². The van der Waals surface area contributed by atoms with Gasteiger partial charge in [-0.2, -0.15) is 0 Å². The molecule has 0 fully saturated rings. The molecule has 2 heterocycles. The largest absolute Gasteiger partial charge is 0.494 e. The van der Waals surface area contributed by atoms with Crippen LogP contribution in [0, 0.1) is 0 Å². The van der Waals surface area contributed by atoms with Crippen molar-refractivity contribution in [2.24, 2.45) is 7.05 Å². The van der Waals surface area contributed by atoms with Gasteiger partial charge in [-0.05, 0) is 5.56 Å². The van der Waals surface area contributed by atoms with Crippen LogP contribution < -0.4 is 4.57 Å². The number of allylic oxidation sites excluding steroid dienone is 1. The van der Waals surface area contributed by atoms with Crippen LogP contribution in [0.1, 0.15) is 5.56 Å². The molecule has 74 valence electrons. The zero-order valence-corrected chi connectivity index (χ0v) is 8.27. The SMILES string of the molecule is C[n+]1ccc(CC2=COCCO2)cc1. The minimum atomic E-state index is 0.659. The maximum absolute atomic E-state index is 5.44. The lowest BCUT2D eigenvalue weighted by atomic mass is 10.2. The van der Waals surface area contributed by atoms with Crippen LogP contribution in [0.25, 0.3) is 0 Å². The number of nitrogens with zero attached hydrogens (tertiary/aromatic N) is 1. The van der Waals surface area contributed by atoms with Gasteiger partial charge in [-0.3, -0.25) is 0 Å². The summed E-state index contributed by atoms with van der Waals surface area (Å²) in [7, 11) is 2.00. The molecule has 1 aliphatic heterocycles. The first-order chi connectivity index (χ1) is 6.84. The second-order valence-electron chi connectivity index (χ2n) is 3.35. The summed E-state index contributed by atoms with van der Waals surface area (Å²) < 4.78 is 12.6. The molecule has 1 aromatic heterocycles. The van der Waals surface area contributed by atoms with Gasteiger partial charge < -0.3 is 9.47 Å². The number of hydrogen-bond donors (Lipinski definition) is 0. The minimum Gasteiger partial charge on any atom is -0.494 e. The van der Waals surface area contributed by atoms with Crippen molar-refractivity contribution in [3.63, 3.8) is 0 Å². The van der Waals surface area contributed by atoms with E-state index >= 15 is 0 Å². The predicted molar refractivity (Wildman–Crippen MR) is 51.3 cm³/mol. The lowest BCUT2D eigenvalue weighted by Gasteiger charge is -2.15. The van der Waals surface area contributed by atoms with Crippen molar-refractivity contribution in [2.75, 3.05) is 13.2 Å². The first-order valence-electron chi connectivity index (χ1n) is 4.72. The van der Waals surface area contributed by atoms with Gasteiger partial charge in [0.15, 0.2) is 12.4 Å². The molecule has 0 amide bonds. The predicted octanol–water partition coefficient (Wildman–Crippen LogP) is 0.942. The Balaban J connectivity index is 2.03. The van der Waals surface area contributed by atoms with Crippen LogP contribution in [-0.2, 0) is 22.9 Å². The van der Waals surface area contributed by atoms with Crippen molar-refractivity contribution in [1.82, 2.24) is 0 Å². The Morgan fingerprint density at radius 3 is 2.71 bits per heavy atom. The van der Waals surface area contributed by atoms with E-state index in [4.69, 9.17) is 9.47 Å². The second-order valence-corrected chi connectivity index (χ2v) is 3.35. The average molecular weight is 192 g/mol. The molecule has 0 saturated carbocycles. The normalized spacial score (nSPS) is 15.4. The van der Waals surface area contributed by atoms with Crippen molar-refractivity contribution < 1.29 is 14.0 Å². The van der Waals surface area contributed by atoms with E-state index in [2.05, 4.69) is 12.1 Å². The smallest absolute Gasteiger partial charge is 0.168 e. The molecule has 1 aromatic rings. The molecule has 0 aliphatic carbocycles. The van der Waals surface area contributed by atoms with E-state index in [1.165, 1.54) is 5.56 Å². The van der Waals surface area contributed by atoms with Crippen LogP contribution in [0.3, 0.4) is 0 Å². The number of hydrogen-bond acceptors (Lipinski definition) is 2. The number of aromatic nitrogens is 1. The fraction of sp³-hybridized carbons (Fsp3) is 0.364. The molecule has 0 N–H and O–H groups in total. The molecule has 0 aromatic carbocycles. The maximum atomic E-state index is 5.44. The minimum absolute atomic E-state index is 0.659. The highest BCUT2D eigenvalue weighted by atomic mass is 16.6. The topological polar surface area (TPSA) is 22.3 Å². The summed E-state index contributed by atoms with van der Waals surface area (Å²) in [6, 6.07) is 4.16. The summed E-state index contributed by atoms with van der Waals surface area (Å²) in [4.78, 5) is 0. The third-order valence-corrected chi connectivity index (χ3v) is 2.13. The summed E-state index contributed by atoms with van der Waals surface area (Å²) >= 11 is 0. The van der Waals surface area contributed by atoms with E-state index in [9.17, 15) is 0 Å².